The van der Waals surface area contributed by atoms with E-state index in [9.17, 15) is 8.78 Å². The predicted octanol–water partition coefficient (Wildman–Crippen LogP) is 4.79. The van der Waals surface area contributed by atoms with E-state index in [0.29, 0.717) is 21.3 Å². The summed E-state index contributed by atoms with van der Waals surface area (Å²) in [5.74, 6) is -0.646. The first-order valence-electron chi connectivity index (χ1n) is 5.86. The highest BCUT2D eigenvalue weighted by Gasteiger charge is 2.09. The molecule has 2 aromatic carbocycles. The van der Waals surface area contributed by atoms with Crippen LogP contribution in [0.15, 0.2) is 40.9 Å². The highest BCUT2D eigenvalue weighted by molar-refractivity contribution is 9.10. The zero-order chi connectivity index (χ0) is 14.3. The van der Waals surface area contributed by atoms with E-state index in [1.165, 1.54) is 18.2 Å². The van der Waals surface area contributed by atoms with Crippen molar-refractivity contribution in [3.63, 3.8) is 0 Å². The summed E-state index contributed by atoms with van der Waals surface area (Å²) in [6, 6.07) is 9.37. The lowest BCUT2D eigenvalue weighted by Gasteiger charge is -2.05. The van der Waals surface area contributed by atoms with Crippen LogP contribution < -0.4 is 0 Å². The van der Waals surface area contributed by atoms with E-state index in [0.717, 1.165) is 11.1 Å². The van der Waals surface area contributed by atoms with Gasteiger partial charge in [0, 0.05) is 6.07 Å². The summed E-state index contributed by atoms with van der Waals surface area (Å²) in [4.78, 5) is 2.95. The number of halogens is 3. The molecular weight excluding hydrogens is 346 g/mol. The van der Waals surface area contributed by atoms with Crippen LogP contribution >= 0.6 is 28.1 Å². The molecular formula is C14H9BrF2N2S. The van der Waals surface area contributed by atoms with Gasteiger partial charge in [-0.2, -0.15) is 0 Å². The van der Waals surface area contributed by atoms with Gasteiger partial charge in [-0.05, 0) is 51.9 Å². The lowest BCUT2D eigenvalue weighted by Crippen LogP contribution is -2.00. The van der Waals surface area contributed by atoms with Crippen LogP contribution in [0.1, 0.15) is 5.56 Å². The zero-order valence-corrected chi connectivity index (χ0v) is 12.6. The van der Waals surface area contributed by atoms with Crippen LogP contribution in [0.2, 0.25) is 0 Å². The van der Waals surface area contributed by atoms with Crippen LogP contribution in [-0.2, 0) is 6.54 Å². The molecule has 1 N–H and O–H groups in total. The maximum Gasteiger partial charge on any atom is 0.178 e. The van der Waals surface area contributed by atoms with Gasteiger partial charge in [-0.25, -0.2) is 8.78 Å². The molecule has 3 aromatic rings. The minimum Gasteiger partial charge on any atom is -0.330 e. The van der Waals surface area contributed by atoms with Gasteiger partial charge in [0.15, 0.2) is 4.77 Å². The molecule has 0 saturated carbocycles. The number of hydrogen-bond donors (Lipinski definition) is 1. The Kier molecular flexibility index (Phi) is 3.43. The Balaban J connectivity index is 2.14. The number of H-pyrrole nitrogens is 1. The van der Waals surface area contributed by atoms with Crippen molar-refractivity contribution in [3.8, 4) is 0 Å². The lowest BCUT2D eigenvalue weighted by atomic mass is 10.2. The molecule has 3 rings (SSSR count). The van der Waals surface area contributed by atoms with Crippen LogP contribution in [-0.4, -0.2) is 9.55 Å². The van der Waals surface area contributed by atoms with Crippen molar-refractivity contribution < 1.29 is 8.78 Å². The van der Waals surface area contributed by atoms with Gasteiger partial charge in [0.1, 0.15) is 11.6 Å². The highest BCUT2D eigenvalue weighted by atomic mass is 79.9. The van der Waals surface area contributed by atoms with Crippen molar-refractivity contribution in [2.24, 2.45) is 0 Å². The number of nitrogens with one attached hydrogen (secondary N) is 1. The fraction of sp³-hybridized carbons (Fsp3) is 0.0714. The minimum absolute atomic E-state index is 0.291. The third-order valence-electron chi connectivity index (χ3n) is 3.05. The molecule has 0 radical (unpaired) electrons. The number of rotatable bonds is 2. The standard InChI is InChI=1S/C14H9BrF2N2S/c15-10-5-13-12(6-11(10)17)18-14(20)19(13)7-8-2-1-3-9(16)4-8/h1-6H,7H2,(H,18,20). The number of aromatic amines is 1. The van der Waals surface area contributed by atoms with Crippen LogP contribution in [0.25, 0.3) is 11.0 Å². The lowest BCUT2D eigenvalue weighted by molar-refractivity contribution is 0.622. The molecule has 0 bridgehead atoms. The first-order valence-corrected chi connectivity index (χ1v) is 7.07. The molecule has 0 aliphatic rings. The van der Waals surface area contributed by atoms with Gasteiger partial charge in [-0.15, -0.1) is 0 Å². The number of nitrogens with zero attached hydrogens (tertiary/aromatic N) is 1. The first-order chi connectivity index (χ1) is 9.54. The summed E-state index contributed by atoms with van der Waals surface area (Å²) >= 11 is 8.41. The Labute approximate surface area is 127 Å². The van der Waals surface area contributed by atoms with Crippen molar-refractivity contribution in [2.45, 2.75) is 6.54 Å². The summed E-state index contributed by atoms with van der Waals surface area (Å²) in [7, 11) is 0. The molecule has 0 aliphatic carbocycles. The molecule has 2 nitrogen and oxygen atoms in total. The summed E-state index contributed by atoms with van der Waals surface area (Å²) in [6.07, 6.45) is 0. The van der Waals surface area contributed by atoms with E-state index in [4.69, 9.17) is 12.2 Å². The monoisotopic (exact) mass is 354 g/mol. The van der Waals surface area contributed by atoms with Crippen LogP contribution in [0.4, 0.5) is 8.78 Å². The quantitative estimate of drug-likeness (QED) is 0.656. The molecule has 0 saturated heterocycles. The smallest absolute Gasteiger partial charge is 0.178 e. The highest BCUT2D eigenvalue weighted by Crippen LogP contribution is 2.24. The second-order valence-corrected chi connectivity index (χ2v) is 5.67. The van der Waals surface area contributed by atoms with Gasteiger partial charge >= 0.3 is 0 Å². The van der Waals surface area contributed by atoms with Crippen molar-refractivity contribution >= 4 is 39.2 Å². The summed E-state index contributed by atoms with van der Waals surface area (Å²) in [5.41, 5.74) is 2.18. The second kappa shape index (κ2) is 5.10. The van der Waals surface area contributed by atoms with Gasteiger partial charge in [0.25, 0.3) is 0 Å². The maximum atomic E-state index is 13.5. The molecule has 1 aromatic heterocycles. The molecule has 0 aliphatic heterocycles. The number of fused-ring (bicyclic) bond motifs is 1. The molecule has 0 atom stereocenters. The van der Waals surface area contributed by atoms with Gasteiger partial charge < -0.3 is 9.55 Å². The second-order valence-electron chi connectivity index (χ2n) is 4.43. The van der Waals surface area contributed by atoms with Crippen molar-refractivity contribution in [1.29, 1.82) is 0 Å². The average Bonchev–Trinajstić information content (AvgIpc) is 2.67. The molecule has 0 fully saturated rings. The SMILES string of the molecule is Fc1cccc(Cn2c(=S)[nH]c3cc(F)c(Br)cc32)c1. The number of aromatic nitrogens is 2. The molecule has 0 unspecified atom stereocenters. The Hall–Kier alpha value is -1.53. The fourth-order valence-electron chi connectivity index (χ4n) is 2.13. The summed E-state index contributed by atoms with van der Waals surface area (Å²) < 4.78 is 29.4. The number of benzene rings is 2. The van der Waals surface area contributed by atoms with Crippen LogP contribution in [0, 0.1) is 16.4 Å². The largest absolute Gasteiger partial charge is 0.330 e. The molecule has 0 spiro atoms. The van der Waals surface area contributed by atoms with E-state index in [1.807, 2.05) is 10.6 Å². The van der Waals surface area contributed by atoms with Gasteiger partial charge in [-0.1, -0.05) is 12.1 Å². The zero-order valence-electron chi connectivity index (χ0n) is 10.2. The minimum atomic E-state index is -0.355. The summed E-state index contributed by atoms with van der Waals surface area (Å²) in [5, 5.41) is 0. The molecule has 102 valence electrons. The maximum absolute atomic E-state index is 13.5. The average molecular weight is 355 g/mol. The van der Waals surface area contributed by atoms with E-state index in [-0.39, 0.29) is 11.6 Å². The van der Waals surface area contributed by atoms with E-state index in [2.05, 4.69) is 20.9 Å². The van der Waals surface area contributed by atoms with E-state index in [1.54, 1.807) is 12.1 Å². The van der Waals surface area contributed by atoms with Crippen molar-refractivity contribution in [1.82, 2.24) is 9.55 Å². The number of hydrogen-bond acceptors (Lipinski definition) is 1. The fourth-order valence-corrected chi connectivity index (χ4v) is 2.73. The van der Waals surface area contributed by atoms with E-state index >= 15 is 0 Å². The van der Waals surface area contributed by atoms with Crippen LogP contribution in [0.3, 0.4) is 0 Å². The topological polar surface area (TPSA) is 20.7 Å². The molecule has 6 heteroatoms. The predicted molar refractivity (Wildman–Crippen MR) is 80.3 cm³/mol. The van der Waals surface area contributed by atoms with Crippen molar-refractivity contribution in [3.05, 3.63) is 62.8 Å². The Morgan fingerprint density at radius 2 is 2.00 bits per heavy atom. The number of imidazole rings is 1. The van der Waals surface area contributed by atoms with Gasteiger partial charge in [0.2, 0.25) is 0 Å². The van der Waals surface area contributed by atoms with Gasteiger partial charge in [0.05, 0.1) is 22.1 Å². The molecule has 0 amide bonds. The van der Waals surface area contributed by atoms with Crippen LogP contribution in [0.5, 0.6) is 0 Å². The summed E-state index contributed by atoms with van der Waals surface area (Å²) in [6.45, 7) is 0.425. The Morgan fingerprint density at radius 3 is 2.75 bits per heavy atom. The Bertz CT molecular complexity index is 854. The molecule has 1 heterocycles. The van der Waals surface area contributed by atoms with Crippen molar-refractivity contribution in [2.75, 3.05) is 0 Å². The third-order valence-corrected chi connectivity index (χ3v) is 3.98. The first kappa shape index (κ1) is 13.5. The third kappa shape index (κ3) is 2.41. The normalized spacial score (nSPS) is 11.2. The molecule has 20 heavy (non-hydrogen) atoms. The van der Waals surface area contributed by atoms with Gasteiger partial charge in [-0.3, -0.25) is 0 Å². The Morgan fingerprint density at radius 1 is 1.20 bits per heavy atom. The van der Waals surface area contributed by atoms with E-state index < -0.39 is 0 Å².